The molecule has 0 aliphatic carbocycles. The molecule has 0 bridgehead atoms. The molecule has 1 spiro atoms. The van der Waals surface area contributed by atoms with Crippen LogP contribution in [0.2, 0.25) is 5.02 Å². The lowest BCUT2D eigenvalue weighted by Crippen LogP contribution is -2.62. The van der Waals surface area contributed by atoms with Crippen LogP contribution in [0.3, 0.4) is 0 Å². The minimum absolute atomic E-state index is 0.119. The Bertz CT molecular complexity index is 931. The van der Waals surface area contributed by atoms with Crippen LogP contribution >= 0.6 is 11.6 Å². The molecule has 2 aromatic carbocycles. The fourth-order valence-electron chi connectivity index (χ4n) is 4.16. The Labute approximate surface area is 182 Å². The number of amides is 1. The number of benzene rings is 2. The zero-order chi connectivity index (χ0) is 21.0. The van der Waals surface area contributed by atoms with Gasteiger partial charge in [-0.25, -0.2) is 0 Å². The smallest absolute Gasteiger partial charge is 0.227 e. The molecule has 158 valence electrons. The molecule has 2 heterocycles. The molecule has 0 saturated carbocycles. The molecule has 1 unspecified atom stereocenters. The molecule has 1 saturated heterocycles. The number of halogens is 1. The highest BCUT2D eigenvalue weighted by Crippen LogP contribution is 2.36. The van der Waals surface area contributed by atoms with Crippen molar-refractivity contribution in [2.24, 2.45) is 4.99 Å². The van der Waals surface area contributed by atoms with Crippen molar-refractivity contribution < 1.29 is 9.53 Å². The number of rotatable bonds is 5. The van der Waals surface area contributed by atoms with E-state index in [2.05, 4.69) is 16.7 Å². The van der Waals surface area contributed by atoms with Gasteiger partial charge in [-0.05, 0) is 42.7 Å². The molecule has 2 aromatic rings. The highest BCUT2D eigenvalue weighted by molar-refractivity contribution is 6.30. The van der Waals surface area contributed by atoms with Gasteiger partial charge in [0.2, 0.25) is 5.91 Å². The van der Waals surface area contributed by atoms with Gasteiger partial charge >= 0.3 is 0 Å². The summed E-state index contributed by atoms with van der Waals surface area (Å²) < 4.78 is 5.18. The van der Waals surface area contributed by atoms with E-state index in [1.807, 2.05) is 47.4 Å². The van der Waals surface area contributed by atoms with Gasteiger partial charge in [-0.2, -0.15) is 0 Å². The van der Waals surface area contributed by atoms with Gasteiger partial charge in [0.1, 0.15) is 11.4 Å². The van der Waals surface area contributed by atoms with Gasteiger partial charge in [-0.3, -0.25) is 9.79 Å². The number of anilines is 2. The Morgan fingerprint density at radius 3 is 2.73 bits per heavy atom. The molecule has 1 atom stereocenters. The summed E-state index contributed by atoms with van der Waals surface area (Å²) >= 11 is 5.97. The minimum atomic E-state index is -0.421. The second-order valence-corrected chi connectivity index (χ2v) is 8.26. The number of aliphatic imine (C=N–C) groups is 1. The van der Waals surface area contributed by atoms with Gasteiger partial charge in [-0.15, -0.1) is 0 Å². The molecule has 30 heavy (non-hydrogen) atoms. The Morgan fingerprint density at radius 1 is 1.20 bits per heavy atom. The first-order valence-electron chi connectivity index (χ1n) is 10.3. The summed E-state index contributed by atoms with van der Waals surface area (Å²) in [5, 5.41) is 7.89. The van der Waals surface area contributed by atoms with Crippen LogP contribution in [0.4, 0.5) is 11.4 Å². The third-order valence-corrected chi connectivity index (χ3v) is 5.94. The van der Waals surface area contributed by atoms with Gasteiger partial charge < -0.3 is 20.3 Å². The number of para-hydroxylation sites is 2. The van der Waals surface area contributed by atoms with Crippen molar-refractivity contribution in [2.45, 2.75) is 24.8 Å². The Balaban J connectivity index is 1.56. The summed E-state index contributed by atoms with van der Waals surface area (Å²) in [6.45, 7) is 2.46. The van der Waals surface area contributed by atoms with E-state index in [1.165, 1.54) is 0 Å². The quantitative estimate of drug-likeness (QED) is 0.713. The van der Waals surface area contributed by atoms with Crippen molar-refractivity contribution in [2.75, 3.05) is 44.0 Å². The van der Waals surface area contributed by atoms with E-state index in [0.29, 0.717) is 31.1 Å². The van der Waals surface area contributed by atoms with Crippen molar-refractivity contribution in [1.29, 1.82) is 0 Å². The zero-order valence-electron chi connectivity index (χ0n) is 17.2. The van der Waals surface area contributed by atoms with Gasteiger partial charge in [0.25, 0.3) is 0 Å². The lowest BCUT2D eigenvalue weighted by atomic mass is 9.85. The molecule has 6 nitrogen and oxygen atoms in total. The second kappa shape index (κ2) is 9.06. The summed E-state index contributed by atoms with van der Waals surface area (Å²) in [6, 6.07) is 15.6. The van der Waals surface area contributed by atoms with E-state index in [9.17, 15) is 4.79 Å². The van der Waals surface area contributed by atoms with Crippen molar-refractivity contribution in [1.82, 2.24) is 4.90 Å². The molecule has 2 N–H and O–H groups in total. The predicted octanol–water partition coefficient (Wildman–Crippen LogP) is 3.83. The standard InChI is InChI=1S/C23H27ClN4O2/c1-30-14-12-25-22-23(27-20-6-3-2-5-19(20)26-22)11-4-13-28(16-23)21(29)15-17-7-9-18(24)10-8-17/h2-3,5-10,27H,4,11-16H2,1H3,(H,25,26). The molecule has 4 rings (SSSR count). The fraction of sp³-hybridized carbons (Fsp3) is 0.391. The molecular formula is C23H27ClN4O2. The SMILES string of the molecule is COCCN=C1Nc2ccccc2NC12CCCN(C(=O)Cc1ccc(Cl)cc1)C2. The maximum Gasteiger partial charge on any atom is 0.227 e. The number of nitrogens with one attached hydrogen (secondary N) is 2. The van der Waals surface area contributed by atoms with Crippen LogP contribution < -0.4 is 10.6 Å². The van der Waals surface area contributed by atoms with Crippen LogP contribution in [0.25, 0.3) is 0 Å². The Hall–Kier alpha value is -2.57. The van der Waals surface area contributed by atoms with Crippen molar-refractivity contribution in [3.8, 4) is 0 Å². The third kappa shape index (κ3) is 4.45. The first-order valence-corrected chi connectivity index (χ1v) is 10.7. The zero-order valence-corrected chi connectivity index (χ0v) is 17.9. The van der Waals surface area contributed by atoms with E-state index in [-0.39, 0.29) is 5.91 Å². The number of ether oxygens (including phenoxy) is 1. The first kappa shape index (κ1) is 20.7. The van der Waals surface area contributed by atoms with E-state index < -0.39 is 5.54 Å². The normalized spacial score (nSPS) is 21.8. The number of fused-ring (bicyclic) bond motifs is 1. The van der Waals surface area contributed by atoms with Crippen LogP contribution in [-0.4, -0.2) is 55.5 Å². The number of hydrogen-bond acceptors (Lipinski definition) is 4. The molecule has 0 aromatic heterocycles. The third-order valence-electron chi connectivity index (χ3n) is 5.69. The highest BCUT2D eigenvalue weighted by atomic mass is 35.5. The van der Waals surface area contributed by atoms with Crippen LogP contribution in [-0.2, 0) is 16.0 Å². The highest BCUT2D eigenvalue weighted by Gasteiger charge is 2.44. The average molecular weight is 427 g/mol. The van der Waals surface area contributed by atoms with Crippen molar-refractivity contribution in [3.63, 3.8) is 0 Å². The maximum absolute atomic E-state index is 13.1. The predicted molar refractivity (Wildman–Crippen MR) is 122 cm³/mol. The minimum Gasteiger partial charge on any atom is -0.383 e. The van der Waals surface area contributed by atoms with Crippen LogP contribution in [0.1, 0.15) is 18.4 Å². The van der Waals surface area contributed by atoms with Crippen molar-refractivity contribution in [3.05, 3.63) is 59.1 Å². The van der Waals surface area contributed by atoms with Crippen LogP contribution in [0.5, 0.6) is 0 Å². The molecule has 2 aliphatic heterocycles. The van der Waals surface area contributed by atoms with Gasteiger partial charge in [0, 0.05) is 18.7 Å². The summed E-state index contributed by atoms with van der Waals surface area (Å²) in [4.78, 5) is 19.8. The fourth-order valence-corrected chi connectivity index (χ4v) is 4.28. The van der Waals surface area contributed by atoms with Crippen LogP contribution in [0, 0.1) is 0 Å². The lowest BCUT2D eigenvalue weighted by Gasteiger charge is -2.47. The number of methoxy groups -OCH3 is 1. The van der Waals surface area contributed by atoms with Gasteiger partial charge in [0.05, 0.1) is 37.5 Å². The molecule has 1 amide bonds. The molecule has 0 radical (unpaired) electrons. The Morgan fingerprint density at radius 2 is 1.97 bits per heavy atom. The Kier molecular flexibility index (Phi) is 6.25. The van der Waals surface area contributed by atoms with E-state index in [4.69, 9.17) is 21.3 Å². The molecule has 7 heteroatoms. The number of nitrogens with zero attached hydrogens (tertiary/aromatic N) is 2. The van der Waals surface area contributed by atoms with Crippen molar-refractivity contribution >= 4 is 34.7 Å². The number of hydrogen-bond donors (Lipinski definition) is 2. The lowest BCUT2D eigenvalue weighted by molar-refractivity contribution is -0.131. The maximum atomic E-state index is 13.1. The number of amidine groups is 1. The molecule has 2 aliphatic rings. The summed E-state index contributed by atoms with van der Waals surface area (Å²) in [6.07, 6.45) is 2.19. The summed E-state index contributed by atoms with van der Waals surface area (Å²) in [7, 11) is 1.68. The number of carbonyl (C=O) groups excluding carboxylic acids is 1. The monoisotopic (exact) mass is 426 g/mol. The second-order valence-electron chi connectivity index (χ2n) is 7.82. The number of likely N-dealkylation sites (tertiary alicyclic amines) is 1. The summed E-state index contributed by atoms with van der Waals surface area (Å²) in [5.41, 5.74) is 2.59. The average Bonchev–Trinajstić information content (AvgIpc) is 2.76. The van der Waals surface area contributed by atoms with Gasteiger partial charge in [0.15, 0.2) is 0 Å². The topological polar surface area (TPSA) is 66.0 Å². The number of carbonyl (C=O) groups is 1. The molecular weight excluding hydrogens is 400 g/mol. The van der Waals surface area contributed by atoms with Crippen LogP contribution in [0.15, 0.2) is 53.5 Å². The molecule has 1 fully saturated rings. The largest absolute Gasteiger partial charge is 0.383 e. The van der Waals surface area contributed by atoms with E-state index >= 15 is 0 Å². The first-order chi connectivity index (χ1) is 14.6. The number of piperidine rings is 1. The van der Waals surface area contributed by atoms with Gasteiger partial charge in [-0.1, -0.05) is 35.9 Å². The van der Waals surface area contributed by atoms with E-state index in [0.717, 1.165) is 42.2 Å². The summed E-state index contributed by atoms with van der Waals surface area (Å²) in [5.74, 6) is 0.996. The van der Waals surface area contributed by atoms with E-state index in [1.54, 1.807) is 7.11 Å².